The number of hydrogen-bond donors (Lipinski definition) is 2. The van der Waals surface area contributed by atoms with E-state index in [0.717, 1.165) is 23.0 Å². The van der Waals surface area contributed by atoms with Crippen LogP contribution in [-0.4, -0.2) is 22.8 Å². The molecule has 0 bridgehead atoms. The summed E-state index contributed by atoms with van der Waals surface area (Å²) in [5.74, 6) is 0. The highest BCUT2D eigenvalue weighted by molar-refractivity contribution is 5.89. The molecule has 2 rings (SSSR count). The predicted octanol–water partition coefficient (Wildman–Crippen LogP) is 1.17. The number of aromatic amines is 1. The van der Waals surface area contributed by atoms with Crippen LogP contribution >= 0.6 is 0 Å². The summed E-state index contributed by atoms with van der Waals surface area (Å²) in [5, 5.41) is 2.96. The number of carbonyl (C=O) groups is 1. The molecule has 0 spiro atoms. The van der Waals surface area contributed by atoms with Crippen molar-refractivity contribution in [3.63, 3.8) is 0 Å². The van der Waals surface area contributed by atoms with E-state index in [1.54, 1.807) is 12.4 Å². The normalized spacial score (nSPS) is 10.2. The van der Waals surface area contributed by atoms with E-state index in [9.17, 15) is 4.79 Å². The summed E-state index contributed by atoms with van der Waals surface area (Å²) in [7, 11) is 0. The molecule has 2 N–H and O–H groups in total. The van der Waals surface area contributed by atoms with Gasteiger partial charge < -0.3 is 15.1 Å². The average molecular weight is 175 g/mol. The topological polar surface area (TPSA) is 57.8 Å². The van der Waals surface area contributed by atoms with Crippen molar-refractivity contribution in [2.24, 2.45) is 0 Å². The number of pyridine rings is 1. The van der Waals surface area contributed by atoms with Crippen LogP contribution in [0.15, 0.2) is 24.5 Å². The molecule has 0 aliphatic carbocycles. The quantitative estimate of drug-likeness (QED) is 0.688. The Labute approximate surface area is 75.0 Å². The fourth-order valence-corrected chi connectivity index (χ4v) is 1.24. The third-order valence-corrected chi connectivity index (χ3v) is 1.81. The first-order chi connectivity index (χ1) is 6.42. The SMILES string of the molecule is O=CCNc1c[nH]c2cccnc12. The molecule has 0 saturated heterocycles. The van der Waals surface area contributed by atoms with Gasteiger partial charge in [0.15, 0.2) is 0 Å². The maximum absolute atomic E-state index is 10.1. The molecule has 13 heavy (non-hydrogen) atoms. The van der Waals surface area contributed by atoms with Crippen LogP contribution in [0.4, 0.5) is 5.69 Å². The fraction of sp³-hybridized carbons (Fsp3) is 0.111. The fourth-order valence-electron chi connectivity index (χ4n) is 1.24. The average Bonchev–Trinajstić information content (AvgIpc) is 2.58. The summed E-state index contributed by atoms with van der Waals surface area (Å²) in [6.07, 6.45) is 4.35. The van der Waals surface area contributed by atoms with Gasteiger partial charge in [-0.05, 0) is 12.1 Å². The molecule has 0 radical (unpaired) electrons. The van der Waals surface area contributed by atoms with E-state index in [2.05, 4.69) is 15.3 Å². The zero-order chi connectivity index (χ0) is 9.10. The van der Waals surface area contributed by atoms with Crippen LogP contribution in [0.2, 0.25) is 0 Å². The van der Waals surface area contributed by atoms with Crippen LogP contribution in [0.1, 0.15) is 0 Å². The van der Waals surface area contributed by atoms with Gasteiger partial charge in [0.05, 0.1) is 17.7 Å². The molecule has 66 valence electrons. The van der Waals surface area contributed by atoms with Gasteiger partial charge in [0.1, 0.15) is 11.8 Å². The number of aldehydes is 1. The van der Waals surface area contributed by atoms with Gasteiger partial charge in [-0.1, -0.05) is 0 Å². The van der Waals surface area contributed by atoms with Crippen molar-refractivity contribution in [3.05, 3.63) is 24.5 Å². The summed E-state index contributed by atoms with van der Waals surface area (Å²) >= 11 is 0. The Hall–Kier alpha value is -1.84. The Morgan fingerprint density at radius 3 is 3.38 bits per heavy atom. The molecule has 0 fully saturated rings. The third kappa shape index (κ3) is 1.38. The maximum atomic E-state index is 10.1. The number of carbonyl (C=O) groups excluding carboxylic acids is 1. The predicted molar refractivity (Wildman–Crippen MR) is 50.6 cm³/mol. The number of H-pyrrole nitrogens is 1. The van der Waals surface area contributed by atoms with Gasteiger partial charge in [-0.2, -0.15) is 0 Å². The highest BCUT2D eigenvalue weighted by Crippen LogP contribution is 2.19. The van der Waals surface area contributed by atoms with E-state index in [-0.39, 0.29) is 0 Å². The smallest absolute Gasteiger partial charge is 0.139 e. The molecule has 0 aromatic carbocycles. The second kappa shape index (κ2) is 3.26. The standard InChI is InChI=1S/C9H9N3O/c13-5-4-10-8-6-12-7-2-1-3-11-9(7)8/h1-3,5-6,10,12H,4H2. The van der Waals surface area contributed by atoms with Crippen molar-refractivity contribution >= 4 is 23.0 Å². The lowest BCUT2D eigenvalue weighted by Gasteiger charge is -1.96. The highest BCUT2D eigenvalue weighted by Gasteiger charge is 2.01. The molecule has 0 saturated carbocycles. The van der Waals surface area contributed by atoms with Crippen LogP contribution in [-0.2, 0) is 4.79 Å². The third-order valence-electron chi connectivity index (χ3n) is 1.81. The summed E-state index contributed by atoms with van der Waals surface area (Å²) in [6.45, 7) is 0.309. The van der Waals surface area contributed by atoms with Gasteiger partial charge in [-0.25, -0.2) is 0 Å². The Morgan fingerprint density at radius 1 is 1.62 bits per heavy atom. The first kappa shape index (κ1) is 7.79. The lowest BCUT2D eigenvalue weighted by atomic mass is 10.3. The van der Waals surface area contributed by atoms with Gasteiger partial charge >= 0.3 is 0 Å². The highest BCUT2D eigenvalue weighted by atomic mass is 16.1. The van der Waals surface area contributed by atoms with Crippen molar-refractivity contribution < 1.29 is 4.79 Å². The van der Waals surface area contributed by atoms with E-state index in [4.69, 9.17) is 0 Å². The molecule has 0 aliphatic heterocycles. The molecular formula is C9H9N3O. The Balaban J connectivity index is 2.40. The number of nitrogens with one attached hydrogen (secondary N) is 2. The van der Waals surface area contributed by atoms with Crippen molar-refractivity contribution in [2.75, 3.05) is 11.9 Å². The Kier molecular flexibility index (Phi) is 1.96. The second-order valence-corrected chi connectivity index (χ2v) is 2.65. The van der Waals surface area contributed by atoms with Crippen molar-refractivity contribution in [2.45, 2.75) is 0 Å². The largest absolute Gasteiger partial charge is 0.375 e. The van der Waals surface area contributed by atoms with Crippen molar-refractivity contribution in [3.8, 4) is 0 Å². The molecule has 0 unspecified atom stereocenters. The second-order valence-electron chi connectivity index (χ2n) is 2.65. The zero-order valence-electron chi connectivity index (χ0n) is 6.95. The zero-order valence-corrected chi connectivity index (χ0v) is 6.95. The molecule has 0 atom stereocenters. The Bertz CT molecular complexity index is 421. The number of rotatable bonds is 3. The van der Waals surface area contributed by atoms with E-state index in [0.29, 0.717) is 6.54 Å². The lowest BCUT2D eigenvalue weighted by Crippen LogP contribution is -2.01. The van der Waals surface area contributed by atoms with Crippen LogP contribution < -0.4 is 5.32 Å². The van der Waals surface area contributed by atoms with Gasteiger partial charge in [-0.15, -0.1) is 0 Å². The maximum Gasteiger partial charge on any atom is 0.139 e. The van der Waals surface area contributed by atoms with Crippen LogP contribution in [0.3, 0.4) is 0 Å². The molecule has 4 heteroatoms. The number of nitrogens with zero attached hydrogens (tertiary/aromatic N) is 1. The minimum Gasteiger partial charge on any atom is -0.375 e. The molecule has 0 aliphatic rings. The van der Waals surface area contributed by atoms with Gasteiger partial charge in [-0.3, -0.25) is 4.98 Å². The summed E-state index contributed by atoms with van der Waals surface area (Å²) in [5.41, 5.74) is 2.70. The van der Waals surface area contributed by atoms with Crippen LogP contribution in [0, 0.1) is 0 Å². The first-order valence-electron chi connectivity index (χ1n) is 4.01. The molecule has 4 nitrogen and oxygen atoms in total. The van der Waals surface area contributed by atoms with Crippen molar-refractivity contribution in [1.29, 1.82) is 0 Å². The molecule has 2 aromatic heterocycles. The molecule has 2 aromatic rings. The monoisotopic (exact) mass is 175 g/mol. The summed E-state index contributed by atoms with van der Waals surface area (Å²) in [6, 6.07) is 3.80. The number of hydrogen-bond acceptors (Lipinski definition) is 3. The van der Waals surface area contributed by atoms with Gasteiger partial charge in [0.2, 0.25) is 0 Å². The number of fused-ring (bicyclic) bond motifs is 1. The van der Waals surface area contributed by atoms with Crippen LogP contribution in [0.25, 0.3) is 11.0 Å². The van der Waals surface area contributed by atoms with Crippen LogP contribution in [0.5, 0.6) is 0 Å². The molecule has 2 heterocycles. The van der Waals surface area contributed by atoms with Gasteiger partial charge in [0, 0.05) is 12.4 Å². The Morgan fingerprint density at radius 2 is 2.54 bits per heavy atom. The minimum absolute atomic E-state index is 0.309. The first-order valence-corrected chi connectivity index (χ1v) is 4.01. The lowest BCUT2D eigenvalue weighted by molar-refractivity contribution is -0.106. The summed E-state index contributed by atoms with van der Waals surface area (Å²) in [4.78, 5) is 17.4. The summed E-state index contributed by atoms with van der Waals surface area (Å²) < 4.78 is 0. The van der Waals surface area contributed by atoms with E-state index < -0.39 is 0 Å². The van der Waals surface area contributed by atoms with E-state index in [1.165, 1.54) is 0 Å². The van der Waals surface area contributed by atoms with E-state index >= 15 is 0 Å². The number of aromatic nitrogens is 2. The van der Waals surface area contributed by atoms with Gasteiger partial charge in [0.25, 0.3) is 0 Å². The molecular weight excluding hydrogens is 166 g/mol. The number of anilines is 1. The minimum atomic E-state index is 0.309. The molecule has 0 amide bonds. The van der Waals surface area contributed by atoms with Crippen molar-refractivity contribution in [1.82, 2.24) is 9.97 Å². The van der Waals surface area contributed by atoms with E-state index in [1.807, 2.05) is 12.1 Å².